The van der Waals surface area contributed by atoms with Crippen LogP contribution in [0.4, 0.5) is 17.1 Å². The Labute approximate surface area is 223 Å². The Bertz CT molecular complexity index is 1260. The Morgan fingerprint density at radius 2 is 1.59 bits per heavy atom. The smallest absolute Gasteiger partial charge is 0.256 e. The highest BCUT2D eigenvalue weighted by Crippen LogP contribution is 2.30. The van der Waals surface area contributed by atoms with Crippen LogP contribution in [-0.2, 0) is 22.6 Å². The molecule has 192 valence electrons. The topological polar surface area (TPSA) is 65.1 Å². The molecule has 3 aromatic carbocycles. The summed E-state index contributed by atoms with van der Waals surface area (Å²) in [5.74, 6) is 0.291. The largest absolute Gasteiger partial charge is 0.497 e. The van der Waals surface area contributed by atoms with Gasteiger partial charge in [-0.25, -0.2) is 0 Å². The van der Waals surface area contributed by atoms with Crippen molar-refractivity contribution in [1.29, 1.82) is 0 Å². The maximum Gasteiger partial charge on any atom is 0.256 e. The van der Waals surface area contributed by atoms with Crippen LogP contribution in [0.1, 0.15) is 24.5 Å². The van der Waals surface area contributed by atoms with Crippen molar-refractivity contribution < 1.29 is 14.3 Å². The van der Waals surface area contributed by atoms with Gasteiger partial charge < -0.3 is 19.9 Å². The lowest BCUT2D eigenvalue weighted by atomic mass is 10.1. The number of carbonyl (C=O) groups excluding carboxylic acids is 2. The molecular formula is C29H32N4O3S. The highest BCUT2D eigenvalue weighted by atomic mass is 32.1. The standard InChI is InChI=1S/C29H32N4O3S/c1-5-20-6-10-22(11-7-20)30-27(34)18-26-28(35)33(24-14-12-23(13-15-24)31(2)3)29(37)32(26)19-21-8-16-25(36-4)17-9-21/h6-17,26H,5,18-19H2,1-4H3,(H,30,34). The lowest BCUT2D eigenvalue weighted by Crippen LogP contribution is -2.37. The maximum absolute atomic E-state index is 13.7. The van der Waals surface area contributed by atoms with Gasteiger partial charge in [-0.05, 0) is 78.3 Å². The number of amides is 2. The first-order valence-electron chi connectivity index (χ1n) is 12.2. The molecule has 1 saturated heterocycles. The summed E-state index contributed by atoms with van der Waals surface area (Å²) in [6.07, 6.45) is 0.908. The van der Waals surface area contributed by atoms with Gasteiger partial charge in [0.05, 0.1) is 19.2 Å². The molecule has 1 aliphatic heterocycles. The second-order valence-electron chi connectivity index (χ2n) is 9.16. The van der Waals surface area contributed by atoms with Crippen LogP contribution < -0.4 is 19.9 Å². The number of nitrogens with zero attached hydrogens (tertiary/aromatic N) is 3. The van der Waals surface area contributed by atoms with Crippen molar-refractivity contribution in [2.45, 2.75) is 32.4 Å². The molecule has 1 aliphatic rings. The molecule has 0 radical (unpaired) electrons. The van der Waals surface area contributed by atoms with Gasteiger partial charge in [0.25, 0.3) is 5.91 Å². The number of anilines is 3. The normalized spacial score (nSPS) is 15.2. The molecule has 1 fully saturated rings. The minimum absolute atomic E-state index is 0.0169. The number of hydrogen-bond acceptors (Lipinski definition) is 5. The average molecular weight is 517 g/mol. The molecule has 1 heterocycles. The summed E-state index contributed by atoms with van der Waals surface area (Å²) < 4.78 is 5.27. The molecule has 1 atom stereocenters. The molecule has 2 amide bonds. The van der Waals surface area contributed by atoms with E-state index in [1.807, 2.05) is 96.7 Å². The van der Waals surface area contributed by atoms with E-state index in [-0.39, 0.29) is 18.2 Å². The fourth-order valence-corrected chi connectivity index (χ4v) is 4.68. The summed E-state index contributed by atoms with van der Waals surface area (Å²) in [5.41, 5.74) is 4.55. The molecule has 0 bridgehead atoms. The average Bonchev–Trinajstić information content (AvgIpc) is 3.13. The minimum atomic E-state index is -0.724. The van der Waals surface area contributed by atoms with E-state index in [0.29, 0.717) is 23.0 Å². The summed E-state index contributed by atoms with van der Waals surface area (Å²) >= 11 is 5.80. The molecule has 0 aromatic heterocycles. The molecule has 4 rings (SSSR count). The third-order valence-corrected chi connectivity index (χ3v) is 6.90. The highest BCUT2D eigenvalue weighted by molar-refractivity contribution is 7.80. The fourth-order valence-electron chi connectivity index (χ4n) is 4.29. The molecule has 1 N–H and O–H groups in total. The van der Waals surface area contributed by atoms with Crippen LogP contribution in [0.5, 0.6) is 5.75 Å². The number of hydrogen-bond donors (Lipinski definition) is 1. The van der Waals surface area contributed by atoms with E-state index in [1.165, 1.54) is 10.5 Å². The van der Waals surface area contributed by atoms with E-state index in [9.17, 15) is 9.59 Å². The van der Waals surface area contributed by atoms with Gasteiger partial charge in [-0.15, -0.1) is 0 Å². The van der Waals surface area contributed by atoms with Crippen LogP contribution in [-0.4, -0.2) is 49.1 Å². The van der Waals surface area contributed by atoms with Crippen LogP contribution in [0.25, 0.3) is 0 Å². The number of carbonyl (C=O) groups is 2. The summed E-state index contributed by atoms with van der Waals surface area (Å²) in [4.78, 5) is 32.1. The van der Waals surface area contributed by atoms with Crippen molar-refractivity contribution >= 4 is 46.2 Å². The van der Waals surface area contributed by atoms with Gasteiger partial charge in [0.1, 0.15) is 11.8 Å². The van der Waals surface area contributed by atoms with Crippen LogP contribution in [0, 0.1) is 0 Å². The first kappa shape index (κ1) is 26.2. The monoisotopic (exact) mass is 516 g/mol. The van der Waals surface area contributed by atoms with E-state index >= 15 is 0 Å². The van der Waals surface area contributed by atoms with E-state index in [4.69, 9.17) is 17.0 Å². The van der Waals surface area contributed by atoms with E-state index in [0.717, 1.165) is 23.4 Å². The van der Waals surface area contributed by atoms with Crippen LogP contribution in [0.15, 0.2) is 72.8 Å². The zero-order chi connectivity index (χ0) is 26.5. The quantitative estimate of drug-likeness (QED) is 0.410. The molecule has 1 unspecified atom stereocenters. The Morgan fingerprint density at radius 1 is 0.973 bits per heavy atom. The van der Waals surface area contributed by atoms with E-state index in [2.05, 4.69) is 12.2 Å². The molecule has 3 aromatic rings. The number of benzene rings is 3. The third-order valence-electron chi connectivity index (χ3n) is 6.48. The predicted octanol–water partition coefficient (Wildman–Crippen LogP) is 4.85. The lowest BCUT2D eigenvalue weighted by Gasteiger charge is -2.24. The van der Waals surface area contributed by atoms with Gasteiger partial charge in [-0.1, -0.05) is 31.2 Å². The second-order valence-corrected chi connectivity index (χ2v) is 9.53. The van der Waals surface area contributed by atoms with Crippen molar-refractivity contribution in [2.24, 2.45) is 0 Å². The highest BCUT2D eigenvalue weighted by Gasteiger charge is 2.44. The van der Waals surface area contributed by atoms with Gasteiger partial charge in [-0.3, -0.25) is 14.5 Å². The Kier molecular flexibility index (Phi) is 8.08. The minimum Gasteiger partial charge on any atom is -0.497 e. The summed E-state index contributed by atoms with van der Waals surface area (Å²) in [7, 11) is 5.54. The van der Waals surface area contributed by atoms with Gasteiger partial charge in [0.15, 0.2) is 5.11 Å². The van der Waals surface area contributed by atoms with Crippen molar-refractivity contribution in [3.05, 3.63) is 83.9 Å². The maximum atomic E-state index is 13.7. The first-order valence-corrected chi connectivity index (χ1v) is 12.6. The third kappa shape index (κ3) is 5.91. The Morgan fingerprint density at radius 3 is 2.16 bits per heavy atom. The molecule has 37 heavy (non-hydrogen) atoms. The summed E-state index contributed by atoms with van der Waals surface area (Å²) in [6.45, 7) is 2.48. The number of aryl methyl sites for hydroxylation is 1. The second kappa shape index (κ2) is 11.4. The molecule has 0 spiro atoms. The van der Waals surface area contributed by atoms with Crippen molar-refractivity contribution in [1.82, 2.24) is 4.90 Å². The Hall–Kier alpha value is -3.91. The van der Waals surface area contributed by atoms with Crippen molar-refractivity contribution in [3.8, 4) is 5.75 Å². The predicted molar refractivity (Wildman–Crippen MR) is 152 cm³/mol. The van der Waals surface area contributed by atoms with Gasteiger partial charge in [0.2, 0.25) is 5.91 Å². The molecule has 7 nitrogen and oxygen atoms in total. The zero-order valence-corrected chi connectivity index (χ0v) is 22.4. The molecule has 0 aliphatic carbocycles. The first-order chi connectivity index (χ1) is 17.8. The van der Waals surface area contributed by atoms with Crippen molar-refractivity contribution in [2.75, 3.05) is 36.3 Å². The van der Waals surface area contributed by atoms with Gasteiger partial charge >= 0.3 is 0 Å². The van der Waals surface area contributed by atoms with E-state index in [1.54, 1.807) is 7.11 Å². The number of ether oxygens (including phenoxy) is 1. The fraction of sp³-hybridized carbons (Fsp3) is 0.276. The number of rotatable bonds is 9. The van der Waals surface area contributed by atoms with Gasteiger partial charge in [0, 0.05) is 32.0 Å². The lowest BCUT2D eigenvalue weighted by molar-refractivity contribution is -0.124. The van der Waals surface area contributed by atoms with Crippen LogP contribution >= 0.6 is 12.2 Å². The number of thiocarbonyl (C=S) groups is 1. The Balaban J connectivity index is 1.58. The van der Waals surface area contributed by atoms with Crippen molar-refractivity contribution in [3.63, 3.8) is 0 Å². The zero-order valence-electron chi connectivity index (χ0n) is 21.6. The van der Waals surface area contributed by atoms with Gasteiger partial charge in [-0.2, -0.15) is 0 Å². The molecular weight excluding hydrogens is 484 g/mol. The SMILES string of the molecule is CCc1ccc(NC(=O)CC2C(=O)N(c3ccc(N(C)C)cc3)C(=S)N2Cc2ccc(OC)cc2)cc1. The molecule has 0 saturated carbocycles. The molecule has 8 heteroatoms. The number of nitrogens with one attached hydrogen (secondary N) is 1. The number of methoxy groups -OCH3 is 1. The summed E-state index contributed by atoms with van der Waals surface area (Å²) in [6, 6.07) is 22.3. The van der Waals surface area contributed by atoms with E-state index < -0.39 is 6.04 Å². The summed E-state index contributed by atoms with van der Waals surface area (Å²) in [5, 5.41) is 3.31. The van der Waals surface area contributed by atoms with Crippen LogP contribution in [0.3, 0.4) is 0 Å². The van der Waals surface area contributed by atoms with Crippen LogP contribution in [0.2, 0.25) is 0 Å².